The van der Waals surface area contributed by atoms with Crippen molar-refractivity contribution in [3.05, 3.63) is 41.1 Å². The molecule has 0 unspecified atom stereocenters. The highest BCUT2D eigenvalue weighted by atomic mass is 16.1. The summed E-state index contributed by atoms with van der Waals surface area (Å²) in [6, 6.07) is 7.17. The molecule has 0 spiro atoms. The lowest BCUT2D eigenvalue weighted by atomic mass is 10.2. The lowest BCUT2D eigenvalue weighted by Gasteiger charge is -2.09. The van der Waals surface area contributed by atoms with Gasteiger partial charge in [-0.3, -0.25) is 9.59 Å². The monoisotopic (exact) mass is 273 g/mol. The van der Waals surface area contributed by atoms with Crippen LogP contribution >= 0.6 is 0 Å². The van der Waals surface area contributed by atoms with Gasteiger partial charge >= 0.3 is 0 Å². The molecule has 5 nitrogen and oxygen atoms in total. The Morgan fingerprint density at radius 1 is 1.25 bits per heavy atom. The summed E-state index contributed by atoms with van der Waals surface area (Å²) >= 11 is 0. The maximum absolute atomic E-state index is 11.7. The van der Waals surface area contributed by atoms with Crippen molar-refractivity contribution >= 4 is 17.4 Å². The molecular formula is C15H19N3O2. The fraction of sp³-hybridized carbons (Fsp3) is 0.333. The Bertz CT molecular complexity index is 547. The van der Waals surface area contributed by atoms with Gasteiger partial charge in [-0.2, -0.15) is 0 Å². The van der Waals surface area contributed by atoms with E-state index >= 15 is 0 Å². The Kier molecular flexibility index (Phi) is 4.53. The van der Waals surface area contributed by atoms with Crippen molar-refractivity contribution in [3.8, 4) is 0 Å². The third kappa shape index (κ3) is 3.24. The van der Waals surface area contributed by atoms with Gasteiger partial charge in [0.2, 0.25) is 0 Å². The number of benzene rings is 1. The molecule has 1 aromatic carbocycles. The van der Waals surface area contributed by atoms with E-state index in [4.69, 9.17) is 5.73 Å². The summed E-state index contributed by atoms with van der Waals surface area (Å²) in [6.45, 7) is 2.73. The van der Waals surface area contributed by atoms with Crippen LogP contribution in [-0.2, 0) is 4.79 Å². The van der Waals surface area contributed by atoms with Crippen LogP contribution in [0.2, 0.25) is 0 Å². The van der Waals surface area contributed by atoms with Crippen LogP contribution in [0.5, 0.6) is 0 Å². The number of amides is 1. The van der Waals surface area contributed by atoms with Crippen LogP contribution in [0.25, 0.3) is 0 Å². The molecule has 0 radical (unpaired) electrons. The number of hydrogen-bond donors (Lipinski definition) is 3. The van der Waals surface area contributed by atoms with E-state index < -0.39 is 0 Å². The summed E-state index contributed by atoms with van der Waals surface area (Å²) in [5.74, 6) is 0.0683. The number of rotatable bonds is 5. The molecular weight excluding hydrogens is 254 g/mol. The van der Waals surface area contributed by atoms with Crippen LogP contribution < -0.4 is 16.4 Å². The molecule has 5 heteroatoms. The molecule has 0 aliphatic heterocycles. The molecule has 0 saturated carbocycles. The molecule has 106 valence electrons. The SMILES string of the molecule is CC1=C(Nc2ccc(C(=O)NCCN)cc2)CCC1=O. The zero-order valence-corrected chi connectivity index (χ0v) is 11.5. The number of anilines is 1. The molecule has 0 fully saturated rings. The summed E-state index contributed by atoms with van der Waals surface area (Å²) < 4.78 is 0. The predicted octanol–water partition coefficient (Wildman–Crippen LogP) is 1.42. The van der Waals surface area contributed by atoms with Gasteiger partial charge < -0.3 is 16.4 Å². The quantitative estimate of drug-likeness (QED) is 0.757. The van der Waals surface area contributed by atoms with Gasteiger partial charge in [0.15, 0.2) is 5.78 Å². The molecule has 1 aromatic rings. The minimum Gasteiger partial charge on any atom is -0.359 e. The van der Waals surface area contributed by atoms with Crippen molar-refractivity contribution in [1.29, 1.82) is 0 Å². The summed E-state index contributed by atoms with van der Waals surface area (Å²) in [6.07, 6.45) is 1.33. The second-order valence-electron chi connectivity index (χ2n) is 4.77. The standard InChI is InChI=1S/C15H19N3O2/c1-10-13(6-7-14(10)19)18-12-4-2-11(3-5-12)15(20)17-9-8-16/h2-5,18H,6-9,16H2,1H3,(H,17,20). The van der Waals surface area contributed by atoms with Crippen molar-refractivity contribution in [2.45, 2.75) is 19.8 Å². The number of nitrogens with one attached hydrogen (secondary N) is 2. The molecule has 0 saturated heterocycles. The number of Topliss-reactive ketones (excluding diaryl/α,β-unsaturated/α-hetero) is 1. The van der Waals surface area contributed by atoms with E-state index in [-0.39, 0.29) is 11.7 Å². The Balaban J connectivity index is 2.02. The maximum Gasteiger partial charge on any atom is 0.251 e. The van der Waals surface area contributed by atoms with Crippen LogP contribution in [-0.4, -0.2) is 24.8 Å². The molecule has 0 bridgehead atoms. The topological polar surface area (TPSA) is 84.2 Å². The average molecular weight is 273 g/mol. The molecule has 2 rings (SSSR count). The minimum atomic E-state index is -0.131. The molecule has 1 aliphatic carbocycles. The highest BCUT2D eigenvalue weighted by Gasteiger charge is 2.18. The largest absolute Gasteiger partial charge is 0.359 e. The number of nitrogens with two attached hydrogens (primary N) is 1. The Morgan fingerprint density at radius 2 is 1.95 bits per heavy atom. The van der Waals surface area contributed by atoms with Crippen molar-refractivity contribution in [1.82, 2.24) is 5.32 Å². The van der Waals surface area contributed by atoms with E-state index in [1.807, 2.05) is 19.1 Å². The van der Waals surface area contributed by atoms with Gasteiger partial charge in [-0.25, -0.2) is 0 Å². The number of carbonyl (C=O) groups is 2. The van der Waals surface area contributed by atoms with E-state index in [0.717, 1.165) is 23.4 Å². The van der Waals surface area contributed by atoms with E-state index in [9.17, 15) is 9.59 Å². The lowest BCUT2D eigenvalue weighted by Crippen LogP contribution is -2.28. The van der Waals surface area contributed by atoms with Crippen LogP contribution in [0.4, 0.5) is 5.69 Å². The summed E-state index contributed by atoms with van der Waals surface area (Å²) in [5, 5.41) is 5.95. The highest BCUT2D eigenvalue weighted by Crippen LogP contribution is 2.24. The molecule has 0 aromatic heterocycles. The molecule has 20 heavy (non-hydrogen) atoms. The van der Waals surface area contributed by atoms with Crippen molar-refractivity contribution in [2.75, 3.05) is 18.4 Å². The van der Waals surface area contributed by atoms with Gasteiger partial charge in [-0.1, -0.05) is 0 Å². The van der Waals surface area contributed by atoms with Crippen molar-refractivity contribution < 1.29 is 9.59 Å². The van der Waals surface area contributed by atoms with E-state index in [1.54, 1.807) is 12.1 Å². The predicted molar refractivity (Wildman–Crippen MR) is 78.4 cm³/mol. The Hall–Kier alpha value is -2.14. The van der Waals surface area contributed by atoms with Crippen LogP contribution in [0.1, 0.15) is 30.1 Å². The van der Waals surface area contributed by atoms with E-state index in [2.05, 4.69) is 10.6 Å². The zero-order valence-electron chi connectivity index (χ0n) is 11.5. The Labute approximate surface area is 118 Å². The average Bonchev–Trinajstić information content (AvgIpc) is 2.77. The van der Waals surface area contributed by atoms with E-state index in [1.165, 1.54) is 0 Å². The number of allylic oxidation sites excluding steroid dienone is 2. The smallest absolute Gasteiger partial charge is 0.251 e. The van der Waals surface area contributed by atoms with Crippen LogP contribution in [0.15, 0.2) is 35.5 Å². The fourth-order valence-electron chi connectivity index (χ4n) is 2.11. The first-order valence-electron chi connectivity index (χ1n) is 6.70. The second-order valence-corrected chi connectivity index (χ2v) is 4.77. The minimum absolute atomic E-state index is 0.131. The summed E-state index contributed by atoms with van der Waals surface area (Å²) in [7, 11) is 0. The zero-order chi connectivity index (χ0) is 14.5. The lowest BCUT2D eigenvalue weighted by molar-refractivity contribution is -0.114. The number of ketones is 1. The van der Waals surface area contributed by atoms with Gasteiger partial charge in [-0.15, -0.1) is 0 Å². The number of carbonyl (C=O) groups excluding carboxylic acids is 2. The third-order valence-electron chi connectivity index (χ3n) is 3.35. The fourth-order valence-corrected chi connectivity index (χ4v) is 2.11. The molecule has 4 N–H and O–H groups in total. The highest BCUT2D eigenvalue weighted by molar-refractivity contribution is 5.98. The molecule has 0 atom stereocenters. The molecule has 1 amide bonds. The van der Waals surface area contributed by atoms with Gasteiger partial charge in [0.1, 0.15) is 0 Å². The second kappa shape index (κ2) is 6.34. The summed E-state index contributed by atoms with van der Waals surface area (Å²) in [4.78, 5) is 23.2. The van der Waals surface area contributed by atoms with Gasteiger partial charge in [0.25, 0.3) is 5.91 Å². The first kappa shape index (κ1) is 14.3. The molecule has 0 heterocycles. The van der Waals surface area contributed by atoms with Crippen LogP contribution in [0, 0.1) is 0 Å². The Morgan fingerprint density at radius 3 is 2.50 bits per heavy atom. The molecule has 1 aliphatic rings. The first-order valence-corrected chi connectivity index (χ1v) is 6.70. The number of hydrogen-bond acceptors (Lipinski definition) is 4. The maximum atomic E-state index is 11.7. The first-order chi connectivity index (χ1) is 9.61. The third-order valence-corrected chi connectivity index (χ3v) is 3.35. The van der Waals surface area contributed by atoms with Gasteiger partial charge in [0.05, 0.1) is 0 Å². The van der Waals surface area contributed by atoms with Gasteiger partial charge in [0, 0.05) is 42.0 Å². The van der Waals surface area contributed by atoms with E-state index in [0.29, 0.717) is 25.1 Å². The van der Waals surface area contributed by atoms with Crippen LogP contribution in [0.3, 0.4) is 0 Å². The van der Waals surface area contributed by atoms with Gasteiger partial charge in [-0.05, 0) is 37.6 Å². The summed E-state index contributed by atoms with van der Waals surface area (Å²) in [5.41, 5.74) is 8.58. The van der Waals surface area contributed by atoms with Crippen molar-refractivity contribution in [3.63, 3.8) is 0 Å². The normalized spacial score (nSPS) is 14.6. The van der Waals surface area contributed by atoms with Crippen molar-refractivity contribution in [2.24, 2.45) is 5.73 Å².